The third kappa shape index (κ3) is 3.56. The van der Waals surface area contributed by atoms with Crippen LogP contribution >= 0.6 is 0 Å². The van der Waals surface area contributed by atoms with Gasteiger partial charge in [0.15, 0.2) is 5.78 Å². The van der Waals surface area contributed by atoms with Gasteiger partial charge in [-0.05, 0) is 26.3 Å². The molecule has 1 heteroatoms. The molecular weight excluding hydrogens is 136 g/mol. The van der Waals surface area contributed by atoms with Crippen molar-refractivity contribution in [2.45, 2.75) is 20.8 Å². The van der Waals surface area contributed by atoms with E-state index >= 15 is 0 Å². The Bertz CT molecular complexity index is 203. The fraction of sp³-hybridized carbons (Fsp3) is 0.300. The predicted octanol–water partition coefficient (Wildman–Crippen LogP) is 2.65. The standard InChI is InChI=1S/C10H14O/c1-5-6-7-10(8(2)3)9(4)11/h5-7H,2H2,1,3-4H3/b6-5-,10-7+. The molecular formula is C10H14O. The summed E-state index contributed by atoms with van der Waals surface area (Å²) < 4.78 is 0. The summed E-state index contributed by atoms with van der Waals surface area (Å²) in [6.45, 7) is 8.99. The molecule has 0 unspecified atom stereocenters. The minimum absolute atomic E-state index is 0.0654. The highest BCUT2D eigenvalue weighted by atomic mass is 16.1. The summed E-state index contributed by atoms with van der Waals surface area (Å²) in [5.74, 6) is 0.0654. The van der Waals surface area contributed by atoms with E-state index in [4.69, 9.17) is 0 Å². The van der Waals surface area contributed by atoms with Crippen molar-refractivity contribution in [2.75, 3.05) is 0 Å². The molecule has 0 aromatic rings. The molecule has 0 rings (SSSR count). The van der Waals surface area contributed by atoms with Crippen LogP contribution in [0.25, 0.3) is 0 Å². The zero-order valence-electron chi connectivity index (χ0n) is 7.35. The van der Waals surface area contributed by atoms with Crippen molar-refractivity contribution in [3.05, 3.63) is 36.0 Å². The van der Waals surface area contributed by atoms with E-state index in [1.807, 2.05) is 26.0 Å². The Kier molecular flexibility index (Phi) is 4.20. The maximum atomic E-state index is 10.9. The molecule has 0 saturated carbocycles. The molecule has 0 heterocycles. The molecule has 0 N–H and O–H groups in total. The van der Waals surface area contributed by atoms with Crippen molar-refractivity contribution in [3.8, 4) is 0 Å². The molecule has 60 valence electrons. The van der Waals surface area contributed by atoms with Gasteiger partial charge < -0.3 is 0 Å². The van der Waals surface area contributed by atoms with E-state index in [9.17, 15) is 4.79 Å². The summed E-state index contributed by atoms with van der Waals surface area (Å²) in [6.07, 6.45) is 5.50. The second-order valence-corrected chi connectivity index (χ2v) is 2.44. The van der Waals surface area contributed by atoms with Gasteiger partial charge in [-0.2, -0.15) is 0 Å². The van der Waals surface area contributed by atoms with Crippen molar-refractivity contribution < 1.29 is 4.79 Å². The Morgan fingerprint density at radius 2 is 1.91 bits per heavy atom. The van der Waals surface area contributed by atoms with Crippen molar-refractivity contribution in [3.63, 3.8) is 0 Å². The van der Waals surface area contributed by atoms with Crippen LogP contribution in [0, 0.1) is 0 Å². The average molecular weight is 150 g/mol. The molecule has 0 aliphatic heterocycles. The van der Waals surface area contributed by atoms with E-state index in [1.54, 1.807) is 13.0 Å². The molecule has 0 atom stereocenters. The Hall–Kier alpha value is -1.11. The third-order valence-electron chi connectivity index (χ3n) is 1.29. The quantitative estimate of drug-likeness (QED) is 0.446. The molecule has 0 aromatic carbocycles. The number of carbonyl (C=O) groups is 1. The normalized spacial score (nSPS) is 12.1. The predicted molar refractivity (Wildman–Crippen MR) is 48.4 cm³/mol. The first kappa shape index (κ1) is 9.89. The van der Waals surface area contributed by atoms with Crippen LogP contribution in [0.15, 0.2) is 36.0 Å². The molecule has 1 nitrogen and oxygen atoms in total. The first-order valence-corrected chi connectivity index (χ1v) is 3.59. The molecule has 0 bridgehead atoms. The average Bonchev–Trinajstić information content (AvgIpc) is 1.87. The number of carbonyl (C=O) groups excluding carboxylic acids is 1. The van der Waals surface area contributed by atoms with Crippen molar-refractivity contribution >= 4 is 5.78 Å². The highest BCUT2D eigenvalue weighted by molar-refractivity contribution is 5.97. The molecule has 0 aliphatic carbocycles. The number of rotatable bonds is 3. The lowest BCUT2D eigenvalue weighted by Crippen LogP contribution is -1.96. The number of allylic oxidation sites excluding steroid dienone is 5. The van der Waals surface area contributed by atoms with E-state index in [1.165, 1.54) is 0 Å². The van der Waals surface area contributed by atoms with E-state index in [0.717, 1.165) is 5.57 Å². The van der Waals surface area contributed by atoms with Gasteiger partial charge >= 0.3 is 0 Å². The van der Waals surface area contributed by atoms with Crippen LogP contribution < -0.4 is 0 Å². The maximum Gasteiger partial charge on any atom is 0.160 e. The fourth-order valence-electron chi connectivity index (χ4n) is 0.753. The molecule has 0 saturated heterocycles. The van der Waals surface area contributed by atoms with Gasteiger partial charge in [-0.25, -0.2) is 0 Å². The third-order valence-corrected chi connectivity index (χ3v) is 1.29. The minimum atomic E-state index is 0.0654. The van der Waals surface area contributed by atoms with Crippen LogP contribution in [0.4, 0.5) is 0 Å². The van der Waals surface area contributed by atoms with Crippen LogP contribution in [0.5, 0.6) is 0 Å². The summed E-state index contributed by atoms with van der Waals surface area (Å²) in [5.41, 5.74) is 1.51. The van der Waals surface area contributed by atoms with Crippen LogP contribution in [-0.2, 0) is 4.79 Å². The summed E-state index contributed by atoms with van der Waals surface area (Å²) in [6, 6.07) is 0. The number of hydrogen-bond acceptors (Lipinski definition) is 1. The Morgan fingerprint density at radius 3 is 2.18 bits per heavy atom. The zero-order valence-corrected chi connectivity index (χ0v) is 7.35. The van der Waals surface area contributed by atoms with Gasteiger partial charge in [0.05, 0.1) is 0 Å². The number of hydrogen-bond donors (Lipinski definition) is 0. The van der Waals surface area contributed by atoms with Crippen molar-refractivity contribution in [1.82, 2.24) is 0 Å². The molecule has 0 aliphatic rings. The molecule has 11 heavy (non-hydrogen) atoms. The Labute approximate surface area is 68.1 Å². The lowest BCUT2D eigenvalue weighted by atomic mass is 10.1. The van der Waals surface area contributed by atoms with Gasteiger partial charge in [0, 0.05) is 5.57 Å². The van der Waals surface area contributed by atoms with Crippen LogP contribution in [0.1, 0.15) is 20.8 Å². The van der Waals surface area contributed by atoms with Gasteiger partial charge in [0.2, 0.25) is 0 Å². The van der Waals surface area contributed by atoms with Crippen LogP contribution in [-0.4, -0.2) is 5.78 Å². The Morgan fingerprint density at radius 1 is 1.36 bits per heavy atom. The lowest BCUT2D eigenvalue weighted by molar-refractivity contribution is -0.113. The van der Waals surface area contributed by atoms with Gasteiger partial charge in [-0.1, -0.05) is 24.8 Å². The largest absolute Gasteiger partial charge is 0.295 e. The topological polar surface area (TPSA) is 17.1 Å². The van der Waals surface area contributed by atoms with Gasteiger partial charge in [0.25, 0.3) is 0 Å². The van der Waals surface area contributed by atoms with Crippen molar-refractivity contribution in [2.24, 2.45) is 0 Å². The first-order valence-electron chi connectivity index (χ1n) is 3.59. The van der Waals surface area contributed by atoms with Crippen LogP contribution in [0.2, 0.25) is 0 Å². The minimum Gasteiger partial charge on any atom is -0.295 e. The smallest absolute Gasteiger partial charge is 0.160 e. The monoisotopic (exact) mass is 150 g/mol. The van der Waals surface area contributed by atoms with Gasteiger partial charge in [0.1, 0.15) is 0 Å². The second kappa shape index (κ2) is 4.67. The van der Waals surface area contributed by atoms with E-state index in [2.05, 4.69) is 6.58 Å². The summed E-state index contributed by atoms with van der Waals surface area (Å²) in [7, 11) is 0. The summed E-state index contributed by atoms with van der Waals surface area (Å²) in [5, 5.41) is 0. The van der Waals surface area contributed by atoms with Gasteiger partial charge in [-0.15, -0.1) is 0 Å². The zero-order chi connectivity index (χ0) is 8.85. The number of ketones is 1. The fourth-order valence-corrected chi connectivity index (χ4v) is 0.753. The lowest BCUT2D eigenvalue weighted by Gasteiger charge is -1.98. The number of Topliss-reactive ketones (excluding diaryl/α,β-unsaturated/α-hetero) is 1. The van der Waals surface area contributed by atoms with E-state index in [-0.39, 0.29) is 5.78 Å². The second-order valence-electron chi connectivity index (χ2n) is 2.44. The molecule has 0 fully saturated rings. The SMILES string of the molecule is C=C(C)/C(=C\C=C/C)C(C)=O. The first-order chi connectivity index (χ1) is 5.09. The van der Waals surface area contributed by atoms with Crippen molar-refractivity contribution in [1.29, 1.82) is 0 Å². The molecule has 0 spiro atoms. The maximum absolute atomic E-state index is 10.9. The Balaban J connectivity index is 4.60. The van der Waals surface area contributed by atoms with E-state index < -0.39 is 0 Å². The molecule has 0 aromatic heterocycles. The molecule has 0 radical (unpaired) electrons. The summed E-state index contributed by atoms with van der Waals surface area (Å²) >= 11 is 0. The van der Waals surface area contributed by atoms with E-state index in [0.29, 0.717) is 5.57 Å². The molecule has 0 amide bonds. The van der Waals surface area contributed by atoms with Gasteiger partial charge in [-0.3, -0.25) is 4.79 Å². The highest BCUT2D eigenvalue weighted by Gasteiger charge is 2.01. The highest BCUT2D eigenvalue weighted by Crippen LogP contribution is 2.07. The summed E-state index contributed by atoms with van der Waals surface area (Å²) in [4.78, 5) is 10.9. The van der Waals surface area contributed by atoms with Crippen LogP contribution in [0.3, 0.4) is 0 Å².